The largest absolute Gasteiger partial charge is 0.481 e. The van der Waals surface area contributed by atoms with Crippen LogP contribution in [-0.4, -0.2) is 83.7 Å². The summed E-state index contributed by atoms with van der Waals surface area (Å²) >= 11 is 13.0. The predicted octanol–water partition coefficient (Wildman–Crippen LogP) is 10.1. The SMILES string of the molecule is CC(C)C1=C2[C@H]3CC[C@@H]4[C@@]5(C)CC[C@H](OC(=O)CC(C)(C)C(=O)O)C(C)(C)[C@@H]5CC[C@@]4(C)[C@]3(C)CC[C@]2([C@@H](O)CN(CCN(C)C)Cc2ccc(Cl)cc2Cl)CC1=O. The van der Waals surface area contributed by atoms with Crippen molar-refractivity contribution in [3.8, 4) is 0 Å². The lowest BCUT2D eigenvalue weighted by molar-refractivity contribution is -0.235. The van der Waals surface area contributed by atoms with Crippen LogP contribution in [0, 0.1) is 56.2 Å². The van der Waals surface area contributed by atoms with Gasteiger partial charge in [-0.05, 0) is 142 Å². The number of nitrogens with zero attached hydrogens (tertiary/aromatic N) is 2. The molecule has 0 bridgehead atoms. The molecule has 0 amide bonds. The van der Waals surface area contributed by atoms with Gasteiger partial charge in [0.1, 0.15) is 6.10 Å². The number of rotatable bonds is 13. The molecule has 0 saturated heterocycles. The van der Waals surface area contributed by atoms with Crippen LogP contribution in [0.15, 0.2) is 29.3 Å². The van der Waals surface area contributed by atoms with Crippen molar-refractivity contribution in [2.75, 3.05) is 33.7 Å². The Morgan fingerprint density at radius 2 is 1.62 bits per heavy atom. The number of aliphatic hydroxyl groups excluding tert-OH is 1. The Hall–Kier alpha value is -1.97. The number of carbonyl (C=O) groups excluding carboxylic acids is 2. The molecule has 0 heterocycles. The molecule has 4 fully saturated rings. The number of aliphatic carboxylic acids is 1. The van der Waals surface area contributed by atoms with Gasteiger partial charge in [-0.1, -0.05) is 83.3 Å². The molecule has 6 rings (SSSR count). The fourth-order valence-corrected chi connectivity index (χ4v) is 14.3. The molecule has 0 radical (unpaired) electrons. The highest BCUT2D eigenvalue weighted by Gasteiger charge is 2.71. The molecule has 58 heavy (non-hydrogen) atoms. The van der Waals surface area contributed by atoms with Crippen LogP contribution in [0.5, 0.6) is 0 Å². The Morgan fingerprint density at radius 1 is 0.931 bits per heavy atom. The minimum absolute atomic E-state index is 0.0210. The quantitative estimate of drug-likeness (QED) is 0.189. The van der Waals surface area contributed by atoms with Crippen molar-refractivity contribution in [1.29, 1.82) is 0 Å². The number of carbonyl (C=O) groups is 3. The highest BCUT2D eigenvalue weighted by molar-refractivity contribution is 6.35. The van der Waals surface area contributed by atoms with Crippen molar-refractivity contribution in [2.24, 2.45) is 56.2 Å². The van der Waals surface area contributed by atoms with E-state index in [0.717, 1.165) is 75.6 Å². The molecular weight excluding hydrogens is 771 g/mol. The van der Waals surface area contributed by atoms with Gasteiger partial charge in [-0.15, -0.1) is 0 Å². The van der Waals surface area contributed by atoms with E-state index < -0.39 is 28.9 Å². The minimum Gasteiger partial charge on any atom is -0.481 e. The molecular formula is C48H72Cl2N2O6. The van der Waals surface area contributed by atoms with Gasteiger partial charge in [-0.2, -0.15) is 0 Å². The first-order valence-corrected chi connectivity index (χ1v) is 22.8. The summed E-state index contributed by atoms with van der Waals surface area (Å²) in [4.78, 5) is 43.8. The number of halogens is 2. The maximum Gasteiger partial charge on any atom is 0.309 e. The smallest absolute Gasteiger partial charge is 0.309 e. The number of hydrogen-bond donors (Lipinski definition) is 2. The molecule has 10 heteroatoms. The fourth-order valence-electron chi connectivity index (χ4n) is 13.8. The predicted molar refractivity (Wildman–Crippen MR) is 232 cm³/mol. The third-order valence-corrected chi connectivity index (χ3v) is 17.8. The van der Waals surface area contributed by atoms with Gasteiger partial charge in [0.05, 0.1) is 17.9 Å². The van der Waals surface area contributed by atoms with Crippen LogP contribution < -0.4 is 0 Å². The molecule has 4 saturated carbocycles. The molecule has 5 aliphatic rings. The summed E-state index contributed by atoms with van der Waals surface area (Å²) in [6.45, 7) is 22.3. The minimum atomic E-state index is -1.18. The van der Waals surface area contributed by atoms with Crippen molar-refractivity contribution in [1.82, 2.24) is 9.80 Å². The van der Waals surface area contributed by atoms with E-state index in [9.17, 15) is 24.6 Å². The number of likely N-dealkylation sites (N-methyl/N-ethyl adjacent to an activating group) is 1. The number of ether oxygens (including phenoxy) is 1. The topological polar surface area (TPSA) is 107 Å². The Labute approximate surface area is 358 Å². The van der Waals surface area contributed by atoms with Gasteiger partial charge in [0.25, 0.3) is 0 Å². The molecule has 0 spiro atoms. The number of esters is 1. The first-order chi connectivity index (χ1) is 26.8. The molecule has 8 nitrogen and oxygen atoms in total. The van der Waals surface area contributed by atoms with Crippen LogP contribution in [0.1, 0.15) is 132 Å². The van der Waals surface area contributed by atoms with Crippen molar-refractivity contribution in [3.63, 3.8) is 0 Å². The molecule has 1 aromatic carbocycles. The lowest BCUT2D eigenvalue weighted by atomic mass is 9.33. The first-order valence-electron chi connectivity index (χ1n) is 22.0. The third-order valence-electron chi connectivity index (χ3n) is 17.2. The Morgan fingerprint density at radius 3 is 2.24 bits per heavy atom. The van der Waals surface area contributed by atoms with E-state index in [1.807, 2.05) is 12.1 Å². The van der Waals surface area contributed by atoms with Crippen molar-refractivity contribution >= 4 is 40.9 Å². The monoisotopic (exact) mass is 842 g/mol. The lowest BCUT2D eigenvalue weighted by Crippen LogP contribution is -2.66. The second-order valence-corrected chi connectivity index (χ2v) is 22.7. The van der Waals surface area contributed by atoms with Gasteiger partial charge in [0.15, 0.2) is 5.78 Å². The number of fused-ring (bicyclic) bond motifs is 7. The number of benzene rings is 1. The van der Waals surface area contributed by atoms with Gasteiger partial charge < -0.3 is 19.8 Å². The van der Waals surface area contributed by atoms with Crippen molar-refractivity contribution in [3.05, 3.63) is 45.0 Å². The summed E-state index contributed by atoms with van der Waals surface area (Å²) in [5.41, 5.74) is 1.20. The second-order valence-electron chi connectivity index (χ2n) is 21.8. The lowest BCUT2D eigenvalue weighted by Gasteiger charge is -2.72. The zero-order valence-corrected chi connectivity index (χ0v) is 38.8. The Bertz CT molecular complexity index is 1810. The summed E-state index contributed by atoms with van der Waals surface area (Å²) < 4.78 is 6.19. The number of hydrogen-bond acceptors (Lipinski definition) is 7. The molecule has 2 N–H and O–H groups in total. The number of Topliss-reactive ketones (excluding diaryl/α,β-unsaturated/α-hetero) is 1. The van der Waals surface area contributed by atoms with Crippen LogP contribution in [-0.2, 0) is 25.7 Å². The Kier molecular flexibility index (Phi) is 12.6. The maximum atomic E-state index is 14.3. The van der Waals surface area contributed by atoms with E-state index >= 15 is 0 Å². The number of carboxylic acids is 1. The number of ketones is 1. The number of allylic oxidation sites excluding steroid dienone is 1. The van der Waals surface area contributed by atoms with E-state index in [-0.39, 0.29) is 51.8 Å². The van der Waals surface area contributed by atoms with Crippen LogP contribution >= 0.6 is 23.2 Å². The molecule has 9 atom stereocenters. The molecule has 324 valence electrons. The van der Waals surface area contributed by atoms with Gasteiger partial charge in [-0.25, -0.2) is 0 Å². The third kappa shape index (κ3) is 7.64. The van der Waals surface area contributed by atoms with E-state index in [4.69, 9.17) is 27.9 Å². The first kappa shape index (κ1) is 45.6. The zero-order chi connectivity index (χ0) is 43.0. The fraction of sp³-hybridized carbons (Fsp3) is 0.771. The highest BCUT2D eigenvalue weighted by atomic mass is 35.5. The van der Waals surface area contributed by atoms with E-state index in [1.54, 1.807) is 19.9 Å². The second kappa shape index (κ2) is 16.1. The zero-order valence-electron chi connectivity index (χ0n) is 37.3. The maximum absolute atomic E-state index is 14.3. The van der Waals surface area contributed by atoms with E-state index in [2.05, 4.69) is 72.4 Å². The van der Waals surface area contributed by atoms with E-state index in [0.29, 0.717) is 41.4 Å². The van der Waals surface area contributed by atoms with Gasteiger partial charge in [-0.3, -0.25) is 19.3 Å². The van der Waals surface area contributed by atoms with Crippen LogP contribution in [0.25, 0.3) is 0 Å². The Balaban J connectivity index is 1.29. The molecule has 0 aromatic heterocycles. The van der Waals surface area contributed by atoms with E-state index in [1.165, 1.54) is 5.57 Å². The standard InChI is InChI=1S/C48H72Cl2N2O6/c1-29(2)40-34(53)25-48(37(54)28-52(23-22-51(10)11)27-30-12-13-31(49)24-33(30)50)21-20-46(8)32(41(40)48)14-15-36-45(7)18-17-38(58-39(55)26-43(3,4)42(56)57)44(5,6)35(45)16-19-47(36,46)9/h12-13,24,29,32,35-38,54H,14-23,25-28H2,1-11H3,(H,56,57)/t32-,35+,36-,37+,38+,45+,46-,47-,48-/m1/s1. The average Bonchev–Trinajstić information content (AvgIpc) is 3.43. The highest BCUT2D eigenvalue weighted by Crippen LogP contribution is 2.77. The summed E-state index contributed by atoms with van der Waals surface area (Å²) in [7, 11) is 4.13. The van der Waals surface area contributed by atoms with Crippen LogP contribution in [0.3, 0.4) is 0 Å². The molecule has 5 aliphatic carbocycles. The molecule has 1 aromatic rings. The normalized spacial score (nSPS) is 35.1. The molecule has 0 unspecified atom stereocenters. The summed E-state index contributed by atoms with van der Waals surface area (Å²) in [5.74, 6) is -0.0958. The molecule has 0 aliphatic heterocycles. The summed E-state index contributed by atoms with van der Waals surface area (Å²) in [6.07, 6.45) is 6.92. The number of aliphatic hydroxyl groups is 1. The summed E-state index contributed by atoms with van der Waals surface area (Å²) in [6, 6.07) is 5.62. The van der Waals surface area contributed by atoms with Gasteiger partial charge in [0.2, 0.25) is 0 Å². The van der Waals surface area contributed by atoms with Crippen molar-refractivity contribution < 1.29 is 29.3 Å². The average molecular weight is 844 g/mol. The van der Waals surface area contributed by atoms with Gasteiger partial charge >= 0.3 is 11.9 Å². The van der Waals surface area contributed by atoms with Gasteiger partial charge in [0, 0.05) is 53.5 Å². The number of carboxylic acid groups (broad SMARTS) is 1. The van der Waals surface area contributed by atoms with Crippen molar-refractivity contribution in [2.45, 2.75) is 145 Å². The van der Waals surface area contributed by atoms with Crippen LogP contribution in [0.2, 0.25) is 10.0 Å². The van der Waals surface area contributed by atoms with Crippen LogP contribution in [0.4, 0.5) is 0 Å². The summed E-state index contributed by atoms with van der Waals surface area (Å²) in [5, 5.41) is 23.6.